The first-order chi connectivity index (χ1) is 7.41. The van der Waals surface area contributed by atoms with Crippen molar-refractivity contribution in [3.05, 3.63) is 29.3 Å². The summed E-state index contributed by atoms with van der Waals surface area (Å²) in [5.74, 6) is 0. The Hall–Kier alpha value is -1.96. The van der Waals surface area contributed by atoms with Gasteiger partial charge >= 0.3 is 5.69 Å². The van der Waals surface area contributed by atoms with Crippen molar-refractivity contribution in [3.8, 4) is 0 Å². The molecule has 8 heteroatoms. The van der Waals surface area contributed by atoms with Crippen LogP contribution in [0.2, 0.25) is 0 Å². The lowest BCUT2D eigenvalue weighted by molar-refractivity contribution is -0.730. The van der Waals surface area contributed by atoms with Gasteiger partial charge in [-0.1, -0.05) is 6.07 Å². The molecule has 0 spiro atoms. The van der Waals surface area contributed by atoms with Gasteiger partial charge in [-0.2, -0.15) is 0 Å². The third kappa shape index (κ3) is 1.52. The van der Waals surface area contributed by atoms with E-state index in [2.05, 4.69) is 5.10 Å². The van der Waals surface area contributed by atoms with Gasteiger partial charge in [0, 0.05) is 12.5 Å². The Kier molecular flexibility index (Phi) is 2.16. The molecule has 0 aliphatic heterocycles. The molecular formula is C8H8N3O4S+. The number of nitrogens with zero attached hydrogens (tertiary/aromatic N) is 3. The maximum absolute atomic E-state index is 11.4. The molecule has 0 saturated carbocycles. The summed E-state index contributed by atoms with van der Waals surface area (Å²) in [5.41, 5.74) is -0.150. The molecule has 2 aromatic rings. The van der Waals surface area contributed by atoms with Gasteiger partial charge in [-0.15, -0.1) is 5.10 Å². The Morgan fingerprint density at radius 3 is 2.69 bits per heavy atom. The lowest BCUT2D eigenvalue weighted by Gasteiger charge is -1.86. The number of rotatable bonds is 2. The van der Waals surface area contributed by atoms with E-state index in [-0.39, 0.29) is 11.2 Å². The van der Waals surface area contributed by atoms with Crippen molar-refractivity contribution >= 4 is 21.0 Å². The second-order valence-electron chi connectivity index (χ2n) is 3.23. The topological polar surface area (TPSA) is 91.8 Å². The van der Waals surface area contributed by atoms with Gasteiger partial charge in [-0.05, 0) is 12.1 Å². The summed E-state index contributed by atoms with van der Waals surface area (Å²) in [6.45, 7) is 0. The normalized spacial score (nSPS) is 11.8. The number of sulfone groups is 1. The van der Waals surface area contributed by atoms with Crippen LogP contribution in [0.1, 0.15) is 0 Å². The minimum absolute atomic E-state index is 0.223. The van der Waals surface area contributed by atoms with Crippen molar-refractivity contribution in [2.45, 2.75) is 5.03 Å². The lowest BCUT2D eigenvalue weighted by Crippen LogP contribution is -2.02. The van der Waals surface area contributed by atoms with E-state index in [1.165, 1.54) is 16.8 Å². The number of fused-ring (bicyclic) bond motifs is 1. The second kappa shape index (κ2) is 3.27. The van der Waals surface area contributed by atoms with Crippen LogP contribution in [0.25, 0.3) is 5.52 Å². The minimum atomic E-state index is -3.67. The van der Waals surface area contributed by atoms with Crippen LogP contribution >= 0.6 is 0 Å². The van der Waals surface area contributed by atoms with Crippen molar-refractivity contribution in [3.63, 3.8) is 0 Å². The average molecular weight is 242 g/mol. The minimum Gasteiger partial charge on any atom is -0.241 e. The van der Waals surface area contributed by atoms with Crippen LogP contribution < -0.4 is 0 Å². The maximum atomic E-state index is 11.4. The van der Waals surface area contributed by atoms with Crippen molar-refractivity contribution in [2.75, 3.05) is 6.26 Å². The summed E-state index contributed by atoms with van der Waals surface area (Å²) in [5, 5.41) is 12.2. The third-order valence-electron chi connectivity index (χ3n) is 2.03. The molecular weight excluding hydrogens is 234 g/mol. The molecule has 84 valence electrons. The first kappa shape index (κ1) is 10.6. The van der Waals surface area contributed by atoms with Gasteiger partial charge in [0.05, 0.1) is 4.91 Å². The predicted octanol–water partition coefficient (Wildman–Crippen LogP) is 0.537. The first-order valence-electron chi connectivity index (χ1n) is 4.25. The number of hydrogen-bond donors (Lipinski definition) is 1. The molecule has 0 aliphatic rings. The highest BCUT2D eigenvalue weighted by Crippen LogP contribution is 2.27. The van der Waals surface area contributed by atoms with E-state index in [0.29, 0.717) is 0 Å². The highest BCUT2D eigenvalue weighted by Gasteiger charge is 2.33. The molecule has 0 unspecified atom stereocenters. The quantitative estimate of drug-likeness (QED) is 0.776. The van der Waals surface area contributed by atoms with E-state index in [1.54, 1.807) is 12.1 Å². The SMILES string of the molecule is CS(=O)(=O)c1nn2ccccc2c1[N+](=O)O. The standard InChI is InChI=1S/C8H8N3O4S/c1-16(14,15)8-7(11(12)13)6-4-2-3-5-10(6)9-8/h2-5H,1H3,(H,12,13)/q+1. The largest absolute Gasteiger partial charge is 0.380 e. The molecule has 0 atom stereocenters. The summed E-state index contributed by atoms with van der Waals surface area (Å²) in [6.07, 6.45) is 2.40. The van der Waals surface area contributed by atoms with E-state index >= 15 is 0 Å². The smallest absolute Gasteiger partial charge is 0.241 e. The van der Waals surface area contributed by atoms with E-state index in [9.17, 15) is 13.3 Å². The van der Waals surface area contributed by atoms with E-state index in [1.807, 2.05) is 0 Å². The average Bonchev–Trinajstić information content (AvgIpc) is 2.55. The Balaban J connectivity index is 2.95. The fourth-order valence-corrected chi connectivity index (χ4v) is 2.16. The van der Waals surface area contributed by atoms with Crippen molar-refractivity contribution in [1.82, 2.24) is 9.61 Å². The maximum Gasteiger partial charge on any atom is 0.380 e. The molecule has 0 aliphatic carbocycles. The van der Waals surface area contributed by atoms with Crippen LogP contribution in [0.5, 0.6) is 0 Å². The van der Waals surface area contributed by atoms with Crippen molar-refractivity contribution in [2.24, 2.45) is 0 Å². The number of hydrogen-bond acceptors (Lipinski definition) is 4. The molecule has 7 nitrogen and oxygen atoms in total. The summed E-state index contributed by atoms with van der Waals surface area (Å²) in [6, 6.07) is 4.72. The summed E-state index contributed by atoms with van der Waals surface area (Å²) >= 11 is 0. The van der Waals surface area contributed by atoms with E-state index < -0.39 is 19.8 Å². The van der Waals surface area contributed by atoms with Crippen molar-refractivity contribution < 1.29 is 18.5 Å². The molecule has 2 aromatic heterocycles. The highest BCUT2D eigenvalue weighted by molar-refractivity contribution is 7.90. The Labute approximate surface area is 90.4 Å². The first-order valence-corrected chi connectivity index (χ1v) is 6.14. The number of aromatic nitrogens is 2. The van der Waals surface area contributed by atoms with Gasteiger partial charge in [0.2, 0.25) is 9.84 Å². The summed E-state index contributed by atoms with van der Waals surface area (Å²) < 4.78 is 24.0. The van der Waals surface area contributed by atoms with Crippen LogP contribution in [0, 0.1) is 4.91 Å². The monoisotopic (exact) mass is 242 g/mol. The van der Waals surface area contributed by atoms with Crippen LogP contribution in [-0.4, -0.2) is 34.4 Å². The van der Waals surface area contributed by atoms with E-state index in [4.69, 9.17) is 5.21 Å². The van der Waals surface area contributed by atoms with Crippen LogP contribution in [0.4, 0.5) is 5.69 Å². The van der Waals surface area contributed by atoms with Crippen LogP contribution in [-0.2, 0) is 9.84 Å². The van der Waals surface area contributed by atoms with Crippen LogP contribution in [0.15, 0.2) is 29.4 Å². The van der Waals surface area contributed by atoms with Gasteiger partial charge in [0.15, 0.2) is 0 Å². The zero-order chi connectivity index (χ0) is 11.9. The number of pyridine rings is 1. The van der Waals surface area contributed by atoms with E-state index in [0.717, 1.165) is 6.26 Å². The molecule has 0 radical (unpaired) electrons. The second-order valence-corrected chi connectivity index (χ2v) is 5.16. The molecule has 0 bridgehead atoms. The molecule has 2 heterocycles. The lowest BCUT2D eigenvalue weighted by atomic mass is 10.4. The highest BCUT2D eigenvalue weighted by atomic mass is 32.2. The predicted molar refractivity (Wildman–Crippen MR) is 53.4 cm³/mol. The summed E-state index contributed by atoms with van der Waals surface area (Å²) in [7, 11) is -3.67. The Morgan fingerprint density at radius 1 is 1.44 bits per heavy atom. The Morgan fingerprint density at radius 2 is 2.12 bits per heavy atom. The third-order valence-corrected chi connectivity index (χ3v) is 3.00. The molecule has 2 rings (SSSR count). The zero-order valence-corrected chi connectivity index (χ0v) is 9.05. The molecule has 1 N–H and O–H groups in total. The fraction of sp³-hybridized carbons (Fsp3) is 0.125. The van der Waals surface area contributed by atoms with Gasteiger partial charge in [0.1, 0.15) is 5.52 Å². The fourth-order valence-electron chi connectivity index (χ4n) is 1.39. The molecule has 16 heavy (non-hydrogen) atoms. The zero-order valence-electron chi connectivity index (χ0n) is 8.23. The molecule has 0 aromatic carbocycles. The van der Waals surface area contributed by atoms with Gasteiger partial charge in [0.25, 0.3) is 9.95 Å². The van der Waals surface area contributed by atoms with Gasteiger partial charge in [-0.3, -0.25) is 0 Å². The van der Waals surface area contributed by atoms with Gasteiger partial charge in [-0.25, -0.2) is 18.1 Å². The summed E-state index contributed by atoms with van der Waals surface area (Å²) in [4.78, 5) is 10.5. The molecule has 0 saturated heterocycles. The molecule has 0 amide bonds. The van der Waals surface area contributed by atoms with Gasteiger partial charge < -0.3 is 0 Å². The molecule has 0 fully saturated rings. The van der Waals surface area contributed by atoms with Crippen molar-refractivity contribution in [1.29, 1.82) is 0 Å². The van der Waals surface area contributed by atoms with Crippen LogP contribution in [0.3, 0.4) is 0 Å². The Bertz CT molecular complexity index is 674.